The molecule has 0 saturated carbocycles. The van der Waals surface area contributed by atoms with Gasteiger partial charge in [-0.2, -0.15) is 0 Å². The van der Waals surface area contributed by atoms with Gasteiger partial charge in [0.2, 0.25) is 0 Å². The van der Waals surface area contributed by atoms with Crippen LogP contribution in [0.1, 0.15) is 23.9 Å². The van der Waals surface area contributed by atoms with Gasteiger partial charge in [0, 0.05) is 18.1 Å². The SMILES string of the molecule is CCc1cccc(NC(=O)N(Cc2ccccn2)Cc2ccccn2)c1. The van der Waals surface area contributed by atoms with Gasteiger partial charge in [0.15, 0.2) is 0 Å². The third kappa shape index (κ3) is 4.89. The molecule has 0 unspecified atom stereocenters. The number of nitrogens with zero attached hydrogens (tertiary/aromatic N) is 3. The summed E-state index contributed by atoms with van der Waals surface area (Å²) in [6.07, 6.45) is 4.39. The molecule has 5 nitrogen and oxygen atoms in total. The maximum atomic E-state index is 12.9. The summed E-state index contributed by atoms with van der Waals surface area (Å²) in [6.45, 7) is 2.92. The molecular weight excluding hydrogens is 324 g/mol. The molecule has 0 aliphatic heterocycles. The summed E-state index contributed by atoms with van der Waals surface area (Å²) < 4.78 is 0. The minimum absolute atomic E-state index is 0.172. The summed E-state index contributed by atoms with van der Waals surface area (Å²) in [7, 11) is 0. The molecular formula is C21H22N4O. The van der Waals surface area contributed by atoms with Crippen molar-refractivity contribution in [1.29, 1.82) is 0 Å². The maximum absolute atomic E-state index is 12.9. The molecule has 26 heavy (non-hydrogen) atoms. The number of benzene rings is 1. The zero-order valence-corrected chi connectivity index (χ0v) is 14.8. The van der Waals surface area contributed by atoms with Crippen LogP contribution in [0, 0.1) is 0 Å². The van der Waals surface area contributed by atoms with Gasteiger partial charge >= 0.3 is 6.03 Å². The molecule has 0 fully saturated rings. The first-order valence-electron chi connectivity index (χ1n) is 8.69. The molecule has 0 bridgehead atoms. The highest BCUT2D eigenvalue weighted by Crippen LogP contribution is 2.14. The largest absolute Gasteiger partial charge is 0.322 e. The second-order valence-corrected chi connectivity index (χ2v) is 5.98. The number of pyridine rings is 2. The van der Waals surface area contributed by atoms with Gasteiger partial charge in [-0.05, 0) is 48.4 Å². The van der Waals surface area contributed by atoms with Gasteiger partial charge in [0.05, 0.1) is 24.5 Å². The molecule has 2 aromatic heterocycles. The zero-order chi connectivity index (χ0) is 18.2. The lowest BCUT2D eigenvalue weighted by atomic mass is 10.1. The molecule has 132 valence electrons. The Kier molecular flexibility index (Phi) is 5.93. The summed E-state index contributed by atoms with van der Waals surface area (Å²) in [5.74, 6) is 0. The lowest BCUT2D eigenvalue weighted by Gasteiger charge is -2.22. The first kappa shape index (κ1) is 17.6. The summed E-state index contributed by atoms with van der Waals surface area (Å²) in [6, 6.07) is 19.1. The van der Waals surface area contributed by atoms with E-state index in [0.717, 1.165) is 23.5 Å². The first-order valence-corrected chi connectivity index (χ1v) is 8.69. The van der Waals surface area contributed by atoms with Gasteiger partial charge in [-0.3, -0.25) is 9.97 Å². The van der Waals surface area contributed by atoms with E-state index in [2.05, 4.69) is 28.3 Å². The number of nitrogens with one attached hydrogen (secondary N) is 1. The number of carbonyl (C=O) groups is 1. The number of rotatable bonds is 6. The molecule has 0 radical (unpaired) electrons. The van der Waals surface area contributed by atoms with Crippen LogP contribution in [0.15, 0.2) is 73.1 Å². The number of aromatic nitrogens is 2. The Morgan fingerprint density at radius 2 is 1.58 bits per heavy atom. The molecule has 5 heteroatoms. The summed E-state index contributed by atoms with van der Waals surface area (Å²) >= 11 is 0. The molecule has 1 aromatic carbocycles. The Balaban J connectivity index is 1.77. The van der Waals surface area contributed by atoms with Crippen molar-refractivity contribution in [3.63, 3.8) is 0 Å². The fourth-order valence-corrected chi connectivity index (χ4v) is 2.65. The van der Waals surface area contributed by atoms with Crippen LogP contribution in [-0.2, 0) is 19.5 Å². The average Bonchev–Trinajstić information content (AvgIpc) is 2.69. The molecule has 0 atom stereocenters. The molecule has 0 aliphatic carbocycles. The van der Waals surface area contributed by atoms with Crippen LogP contribution in [0.25, 0.3) is 0 Å². The van der Waals surface area contributed by atoms with Crippen LogP contribution < -0.4 is 5.32 Å². The molecule has 3 aromatic rings. The van der Waals surface area contributed by atoms with Crippen molar-refractivity contribution in [2.24, 2.45) is 0 Å². The molecule has 0 spiro atoms. The van der Waals surface area contributed by atoms with Crippen molar-refractivity contribution >= 4 is 11.7 Å². The van der Waals surface area contributed by atoms with Crippen LogP contribution in [0.2, 0.25) is 0 Å². The van der Waals surface area contributed by atoms with Crippen LogP contribution in [0.5, 0.6) is 0 Å². The number of hydrogen-bond acceptors (Lipinski definition) is 3. The van der Waals surface area contributed by atoms with E-state index in [1.165, 1.54) is 5.56 Å². The highest BCUT2D eigenvalue weighted by molar-refractivity contribution is 5.89. The van der Waals surface area contributed by atoms with Crippen molar-refractivity contribution in [1.82, 2.24) is 14.9 Å². The molecule has 0 saturated heterocycles. The fraction of sp³-hybridized carbons (Fsp3) is 0.190. The van der Waals surface area contributed by atoms with Gasteiger partial charge in [-0.1, -0.05) is 31.2 Å². The van der Waals surface area contributed by atoms with Crippen molar-refractivity contribution < 1.29 is 4.79 Å². The maximum Gasteiger partial charge on any atom is 0.322 e. The van der Waals surface area contributed by atoms with Crippen LogP contribution in [0.4, 0.5) is 10.5 Å². The molecule has 0 aliphatic rings. The Morgan fingerprint density at radius 1 is 0.923 bits per heavy atom. The summed E-state index contributed by atoms with van der Waals surface area (Å²) in [5.41, 5.74) is 3.65. The smallest absolute Gasteiger partial charge is 0.313 e. The Labute approximate surface area is 153 Å². The summed E-state index contributed by atoms with van der Waals surface area (Å²) in [5, 5.41) is 2.99. The third-order valence-corrected chi connectivity index (χ3v) is 4.03. The van der Waals surface area contributed by atoms with E-state index >= 15 is 0 Å². The van der Waals surface area contributed by atoms with Crippen molar-refractivity contribution in [2.45, 2.75) is 26.4 Å². The quantitative estimate of drug-likeness (QED) is 0.725. The Hall–Kier alpha value is -3.21. The van der Waals surface area contributed by atoms with E-state index in [4.69, 9.17) is 0 Å². The van der Waals surface area contributed by atoms with Gasteiger partial charge in [-0.25, -0.2) is 4.79 Å². The first-order chi connectivity index (χ1) is 12.7. The average molecular weight is 346 g/mol. The normalized spacial score (nSPS) is 10.3. The second-order valence-electron chi connectivity index (χ2n) is 5.98. The van der Waals surface area contributed by atoms with Crippen LogP contribution >= 0.6 is 0 Å². The molecule has 1 N–H and O–H groups in total. The van der Waals surface area contributed by atoms with Crippen molar-refractivity contribution in [2.75, 3.05) is 5.32 Å². The van der Waals surface area contributed by atoms with Gasteiger partial charge in [-0.15, -0.1) is 0 Å². The number of carbonyl (C=O) groups excluding carboxylic acids is 1. The van der Waals surface area contributed by atoms with Crippen LogP contribution in [0.3, 0.4) is 0 Å². The predicted octanol–water partition coefficient (Wildman–Crippen LogP) is 4.27. The standard InChI is InChI=1S/C21H22N4O/c1-2-17-8-7-11-18(14-17)24-21(26)25(15-19-9-3-5-12-22-19)16-20-10-4-6-13-23-20/h3-14H,2,15-16H2,1H3,(H,24,26). The zero-order valence-electron chi connectivity index (χ0n) is 14.8. The number of hydrogen-bond donors (Lipinski definition) is 1. The molecule has 2 heterocycles. The summed E-state index contributed by atoms with van der Waals surface area (Å²) in [4.78, 5) is 23.3. The lowest BCUT2D eigenvalue weighted by Crippen LogP contribution is -2.34. The van der Waals surface area contributed by atoms with E-state index in [1.54, 1.807) is 17.3 Å². The van der Waals surface area contributed by atoms with E-state index in [-0.39, 0.29) is 6.03 Å². The number of aryl methyl sites for hydroxylation is 1. The minimum atomic E-state index is -0.172. The Bertz CT molecular complexity index is 795. The highest BCUT2D eigenvalue weighted by Gasteiger charge is 2.16. The minimum Gasteiger partial charge on any atom is -0.313 e. The molecule has 2 amide bonds. The highest BCUT2D eigenvalue weighted by atomic mass is 16.2. The molecule has 3 rings (SSSR count). The van der Waals surface area contributed by atoms with E-state index in [9.17, 15) is 4.79 Å². The fourth-order valence-electron chi connectivity index (χ4n) is 2.65. The lowest BCUT2D eigenvalue weighted by molar-refractivity contribution is 0.205. The number of anilines is 1. The van der Waals surface area contributed by atoms with Gasteiger partial charge in [0.1, 0.15) is 0 Å². The Morgan fingerprint density at radius 3 is 2.12 bits per heavy atom. The van der Waals surface area contributed by atoms with Crippen molar-refractivity contribution in [3.05, 3.63) is 90.0 Å². The van der Waals surface area contributed by atoms with E-state index < -0.39 is 0 Å². The van der Waals surface area contributed by atoms with E-state index in [0.29, 0.717) is 13.1 Å². The van der Waals surface area contributed by atoms with Gasteiger partial charge < -0.3 is 10.2 Å². The number of urea groups is 1. The number of amides is 2. The van der Waals surface area contributed by atoms with E-state index in [1.807, 2.05) is 54.6 Å². The second kappa shape index (κ2) is 8.76. The van der Waals surface area contributed by atoms with Gasteiger partial charge in [0.25, 0.3) is 0 Å². The van der Waals surface area contributed by atoms with Crippen LogP contribution in [-0.4, -0.2) is 20.9 Å². The third-order valence-electron chi connectivity index (χ3n) is 4.03. The topological polar surface area (TPSA) is 58.1 Å². The monoisotopic (exact) mass is 346 g/mol. The van der Waals surface area contributed by atoms with Crippen molar-refractivity contribution in [3.8, 4) is 0 Å². The predicted molar refractivity (Wildman–Crippen MR) is 103 cm³/mol.